The molecule has 0 amide bonds. The first-order valence-electron chi connectivity index (χ1n) is 29.5. The summed E-state index contributed by atoms with van der Waals surface area (Å²) in [5.41, 5.74) is 21.9. The summed E-state index contributed by atoms with van der Waals surface area (Å²) in [6.45, 7) is 0. The fraction of sp³-hybridized carbons (Fsp3) is 0.0513. The molecule has 1 atom stereocenters. The lowest BCUT2D eigenvalue weighted by molar-refractivity contribution is 0.645. The zero-order chi connectivity index (χ0) is 54.7. The second kappa shape index (κ2) is 17.4. The minimum atomic E-state index is 0.0119. The van der Waals surface area contributed by atoms with Crippen LogP contribution in [0.4, 0.5) is 0 Å². The van der Waals surface area contributed by atoms with Crippen LogP contribution >= 0.6 is 0 Å². The Morgan fingerprint density at radius 3 is 1.38 bits per heavy atom. The first-order valence-corrected chi connectivity index (χ1v) is 29.5. The maximum Gasteiger partial charge on any atom is 0.0641 e. The molecule has 0 saturated carbocycles. The van der Waals surface area contributed by atoms with E-state index in [4.69, 9.17) is 0 Å². The van der Waals surface area contributed by atoms with Crippen molar-refractivity contribution in [2.45, 2.75) is 25.3 Å². The van der Waals surface area contributed by atoms with E-state index >= 15 is 0 Å². The Hall–Kier alpha value is -10.8. The Bertz CT molecular complexity index is 5670. The zero-order valence-electron chi connectivity index (χ0n) is 45.9. The van der Waals surface area contributed by atoms with Gasteiger partial charge in [0.25, 0.3) is 0 Å². The highest BCUT2D eigenvalue weighted by Crippen LogP contribution is 2.48. The molecule has 6 heterocycles. The summed E-state index contributed by atoms with van der Waals surface area (Å²) < 4.78 is 15.3. The van der Waals surface area contributed by atoms with Crippen LogP contribution < -0.4 is 0 Å². The number of hydrogen-bond acceptors (Lipinski definition) is 0. The number of aryl methyl sites for hydroxylation is 1. The minimum absolute atomic E-state index is 0.0119. The van der Waals surface area contributed by atoms with Crippen molar-refractivity contribution in [1.82, 2.24) is 27.4 Å². The van der Waals surface area contributed by atoms with Gasteiger partial charge in [0, 0.05) is 111 Å². The maximum atomic E-state index is 2.61. The number of para-hydroxylation sites is 8. The van der Waals surface area contributed by atoms with Crippen molar-refractivity contribution in [2.75, 3.05) is 0 Å². The van der Waals surface area contributed by atoms with Gasteiger partial charge >= 0.3 is 0 Å². The summed E-state index contributed by atoms with van der Waals surface area (Å²) in [4.78, 5) is 0. The van der Waals surface area contributed by atoms with E-state index in [9.17, 15) is 0 Å². The molecule has 0 N–H and O–H groups in total. The van der Waals surface area contributed by atoms with Gasteiger partial charge < -0.3 is 27.4 Å². The molecule has 17 aromatic rings. The topological polar surface area (TPSA) is 29.6 Å². The van der Waals surface area contributed by atoms with Crippen molar-refractivity contribution >= 4 is 137 Å². The molecule has 2 aliphatic carbocycles. The Balaban J connectivity index is 0.843. The first-order chi connectivity index (χ1) is 41.7. The smallest absolute Gasteiger partial charge is 0.0641 e. The van der Waals surface area contributed by atoms with Crippen LogP contribution in [0, 0.1) is 0 Å². The van der Waals surface area contributed by atoms with E-state index in [1.54, 1.807) is 0 Å². The summed E-state index contributed by atoms with van der Waals surface area (Å²) in [6.07, 6.45) is 12.6. The van der Waals surface area contributed by atoms with Gasteiger partial charge in [-0.05, 0) is 128 Å². The molecule has 0 saturated heterocycles. The van der Waals surface area contributed by atoms with Crippen LogP contribution in [-0.2, 0) is 6.42 Å². The van der Waals surface area contributed by atoms with Gasteiger partial charge in [0.1, 0.15) is 0 Å². The van der Waals surface area contributed by atoms with Gasteiger partial charge in [0.2, 0.25) is 0 Å². The third-order valence-corrected chi connectivity index (χ3v) is 18.7. The highest BCUT2D eigenvalue weighted by atomic mass is 15.1. The summed E-state index contributed by atoms with van der Waals surface area (Å²) in [5.74, 6) is 0. The molecule has 1 unspecified atom stereocenters. The average molecular weight is 1070 g/mol. The normalized spacial score (nSPS) is 14.7. The van der Waals surface area contributed by atoms with Crippen molar-refractivity contribution in [3.8, 4) is 17.1 Å². The van der Waals surface area contributed by atoms with Crippen LogP contribution in [0.15, 0.2) is 267 Å². The number of aromatic nitrogens is 6. The molecule has 6 nitrogen and oxygen atoms in total. The third-order valence-electron chi connectivity index (χ3n) is 18.7. The number of rotatable bonds is 6. The number of hydrogen-bond donors (Lipinski definition) is 0. The van der Waals surface area contributed by atoms with Crippen molar-refractivity contribution in [3.63, 3.8) is 0 Å². The van der Waals surface area contributed by atoms with Crippen LogP contribution in [0.2, 0.25) is 0 Å². The van der Waals surface area contributed by atoms with Gasteiger partial charge in [-0.1, -0.05) is 164 Å². The lowest BCUT2D eigenvalue weighted by Crippen LogP contribution is -2.16. The van der Waals surface area contributed by atoms with Crippen molar-refractivity contribution in [3.05, 3.63) is 278 Å². The molecular formula is C78H52N6. The number of allylic oxidation sites excluding steroid dienone is 5. The largest absolute Gasteiger partial charge is 0.333 e. The van der Waals surface area contributed by atoms with Gasteiger partial charge in [-0.15, -0.1) is 0 Å². The predicted molar refractivity (Wildman–Crippen MR) is 353 cm³/mol. The molecule has 19 rings (SSSR count). The number of fused-ring (bicyclic) bond motifs is 20. The molecule has 84 heavy (non-hydrogen) atoms. The fourth-order valence-electron chi connectivity index (χ4n) is 15.5. The molecule has 6 aromatic heterocycles. The Morgan fingerprint density at radius 1 is 0.321 bits per heavy atom. The quantitative estimate of drug-likeness (QED) is 0.159. The van der Waals surface area contributed by atoms with Crippen molar-refractivity contribution in [2.24, 2.45) is 0 Å². The van der Waals surface area contributed by atoms with Crippen molar-refractivity contribution < 1.29 is 0 Å². The molecule has 0 aliphatic heterocycles. The molecule has 2 aliphatic rings. The van der Waals surface area contributed by atoms with Crippen LogP contribution in [0.25, 0.3) is 154 Å². The van der Waals surface area contributed by atoms with E-state index in [0.29, 0.717) is 0 Å². The van der Waals surface area contributed by atoms with Gasteiger partial charge in [-0.25, -0.2) is 0 Å². The van der Waals surface area contributed by atoms with Crippen LogP contribution in [0.5, 0.6) is 0 Å². The zero-order valence-corrected chi connectivity index (χ0v) is 45.9. The molecule has 0 fully saturated rings. The highest BCUT2D eigenvalue weighted by molar-refractivity contribution is 6.27. The number of benzene rings is 11. The minimum Gasteiger partial charge on any atom is -0.333 e. The van der Waals surface area contributed by atoms with E-state index in [2.05, 4.69) is 300 Å². The molecule has 0 bridgehead atoms. The first kappa shape index (κ1) is 45.9. The number of nitrogens with zero attached hydrogens (tertiary/aromatic N) is 6. The van der Waals surface area contributed by atoms with Crippen LogP contribution in [0.1, 0.15) is 30.1 Å². The third kappa shape index (κ3) is 6.23. The SMILES string of the molecule is C1=Cc2c(c3c4c5ccccc5n(-c5cccc(-n6c7ccccc7c7c6ccc6c8ccccc8n(-c8ccccc8)c67)c5)c4ccc3n2C2=CC(n3c4ccccc4c4ccccc43)CC(n3c4ccccc4c4ccccc43)=C2)CC1. The lowest BCUT2D eigenvalue weighted by Gasteiger charge is -2.28. The second-order valence-electron chi connectivity index (χ2n) is 23.0. The van der Waals surface area contributed by atoms with E-state index in [1.807, 2.05) is 0 Å². The standard InChI is InChI=1S/C78H52N6/c1-2-21-49(22-3-1)84-68-37-16-8-29-59(68)60-41-42-74-77(78(60)84)63-32-11-19-40-71(63)80(74)51-24-20-23-50(45-51)79-69-38-17-9-30-61(69)75-72(79)43-44-73-76(75)62-31-10-18-39-70(62)83(73)54-47-52(81-64-33-12-4-25-55(64)56-26-5-13-34-65(56)81)46-53(48-54)82-66-35-14-6-27-57(66)58-28-7-15-36-67(58)82/h1-9,11-30,32-45,47-48,52H,10,31,46H2. The predicted octanol–water partition coefficient (Wildman–Crippen LogP) is 20.1. The van der Waals surface area contributed by atoms with Gasteiger partial charge in [-0.2, -0.15) is 0 Å². The summed E-state index contributed by atoms with van der Waals surface area (Å²) in [7, 11) is 0. The van der Waals surface area contributed by atoms with Crippen LogP contribution in [0.3, 0.4) is 0 Å². The fourth-order valence-corrected chi connectivity index (χ4v) is 15.5. The van der Waals surface area contributed by atoms with Crippen molar-refractivity contribution in [1.29, 1.82) is 0 Å². The highest BCUT2D eigenvalue weighted by Gasteiger charge is 2.30. The average Bonchev–Trinajstić information content (AvgIpc) is 1.77. The molecule has 0 radical (unpaired) electrons. The van der Waals surface area contributed by atoms with Gasteiger partial charge in [0.05, 0.1) is 55.7 Å². The lowest BCUT2D eigenvalue weighted by atomic mass is 9.97. The van der Waals surface area contributed by atoms with E-state index in [1.165, 1.54) is 143 Å². The Kier molecular flexibility index (Phi) is 9.47. The van der Waals surface area contributed by atoms with E-state index < -0.39 is 0 Å². The molecule has 394 valence electrons. The molecular weight excluding hydrogens is 1020 g/mol. The van der Waals surface area contributed by atoms with E-state index in [0.717, 1.165) is 36.3 Å². The molecule has 11 aromatic carbocycles. The van der Waals surface area contributed by atoms with Gasteiger partial charge in [-0.3, -0.25) is 0 Å². The van der Waals surface area contributed by atoms with Gasteiger partial charge in [0.15, 0.2) is 0 Å². The molecule has 0 spiro atoms. The second-order valence-corrected chi connectivity index (χ2v) is 23.0. The monoisotopic (exact) mass is 1070 g/mol. The summed E-state index contributed by atoms with van der Waals surface area (Å²) in [6, 6.07) is 92.4. The maximum absolute atomic E-state index is 2.61. The summed E-state index contributed by atoms with van der Waals surface area (Å²) >= 11 is 0. The summed E-state index contributed by atoms with van der Waals surface area (Å²) in [5, 5.41) is 14.0. The van der Waals surface area contributed by atoms with Crippen LogP contribution in [-0.4, -0.2) is 27.4 Å². The Labute approximate surface area is 482 Å². The Morgan fingerprint density at radius 2 is 0.774 bits per heavy atom. The molecule has 6 heteroatoms. The van der Waals surface area contributed by atoms with E-state index in [-0.39, 0.29) is 6.04 Å².